The van der Waals surface area contributed by atoms with Crippen LogP contribution in [0.5, 0.6) is 0 Å². The summed E-state index contributed by atoms with van der Waals surface area (Å²) >= 11 is 0. The molecule has 1 aliphatic rings. The topological polar surface area (TPSA) is 106 Å². The molecule has 1 N–H and O–H groups in total. The normalized spacial score (nSPS) is 16.8. The summed E-state index contributed by atoms with van der Waals surface area (Å²) in [4.78, 5) is 22.7. The Morgan fingerprint density at radius 1 is 1.33 bits per heavy atom. The van der Waals surface area contributed by atoms with Gasteiger partial charge in [0.2, 0.25) is 10.0 Å². The third-order valence-electron chi connectivity index (χ3n) is 3.20. The van der Waals surface area contributed by atoms with Crippen molar-refractivity contribution in [2.75, 3.05) is 32.1 Å². The Morgan fingerprint density at radius 3 is 2.62 bits per heavy atom. The number of hydrogen-bond acceptors (Lipinski definition) is 5. The van der Waals surface area contributed by atoms with E-state index in [0.717, 1.165) is 4.57 Å². The van der Waals surface area contributed by atoms with Crippen LogP contribution in [0.3, 0.4) is 0 Å². The van der Waals surface area contributed by atoms with Gasteiger partial charge in [0.05, 0.1) is 19.0 Å². The molecular formula is C12H16N2O6S. The second-order valence-corrected chi connectivity index (χ2v) is 6.64. The van der Waals surface area contributed by atoms with E-state index in [1.165, 1.54) is 22.6 Å². The van der Waals surface area contributed by atoms with Gasteiger partial charge in [0.1, 0.15) is 5.56 Å². The second kappa shape index (κ2) is 6.37. The van der Waals surface area contributed by atoms with E-state index in [-0.39, 0.29) is 17.9 Å². The van der Waals surface area contributed by atoms with Gasteiger partial charge in [-0.15, -0.1) is 0 Å². The molecule has 21 heavy (non-hydrogen) atoms. The fourth-order valence-corrected chi connectivity index (χ4v) is 3.43. The lowest BCUT2D eigenvalue weighted by molar-refractivity contribution is 0.0694. The fourth-order valence-electron chi connectivity index (χ4n) is 2.04. The molecule has 0 unspecified atom stereocenters. The summed E-state index contributed by atoms with van der Waals surface area (Å²) in [7, 11) is -3.49. The Labute approximate surface area is 121 Å². The molecule has 0 saturated carbocycles. The summed E-state index contributed by atoms with van der Waals surface area (Å²) in [6, 6.07) is 2.60. The second-order valence-electron chi connectivity index (χ2n) is 4.55. The molecule has 0 aliphatic carbocycles. The van der Waals surface area contributed by atoms with E-state index in [1.807, 2.05) is 0 Å². The number of morpholine rings is 1. The van der Waals surface area contributed by atoms with Gasteiger partial charge >= 0.3 is 5.97 Å². The maximum absolute atomic E-state index is 12.1. The zero-order valence-electron chi connectivity index (χ0n) is 11.3. The lowest BCUT2D eigenvalue weighted by Crippen LogP contribution is -2.42. The summed E-state index contributed by atoms with van der Waals surface area (Å²) in [5.41, 5.74) is -1.08. The standard InChI is InChI=1S/C12H16N2O6S/c15-11-10(12(16)17)2-1-3-13(11)6-9-21(18,19)14-4-7-20-8-5-14/h1-3H,4-9H2,(H,16,17). The number of aromatic nitrogens is 1. The van der Waals surface area contributed by atoms with Gasteiger partial charge in [0.15, 0.2) is 0 Å². The van der Waals surface area contributed by atoms with Crippen LogP contribution in [-0.2, 0) is 21.3 Å². The van der Waals surface area contributed by atoms with Crippen molar-refractivity contribution in [2.45, 2.75) is 6.54 Å². The van der Waals surface area contributed by atoms with Gasteiger partial charge in [0, 0.05) is 25.8 Å². The molecular weight excluding hydrogens is 300 g/mol. The van der Waals surface area contributed by atoms with Gasteiger partial charge in [-0.2, -0.15) is 4.31 Å². The van der Waals surface area contributed by atoms with E-state index in [9.17, 15) is 18.0 Å². The molecule has 1 aromatic rings. The molecule has 0 amide bonds. The number of carbonyl (C=O) groups is 1. The predicted octanol–water partition coefficient (Wildman–Crippen LogP) is -0.791. The monoisotopic (exact) mass is 316 g/mol. The molecule has 0 aromatic carbocycles. The number of pyridine rings is 1. The van der Waals surface area contributed by atoms with Crippen molar-refractivity contribution in [3.05, 3.63) is 34.2 Å². The van der Waals surface area contributed by atoms with Crippen LogP contribution in [0.15, 0.2) is 23.1 Å². The van der Waals surface area contributed by atoms with Crippen LogP contribution in [0.1, 0.15) is 10.4 Å². The van der Waals surface area contributed by atoms with Crippen molar-refractivity contribution < 1.29 is 23.1 Å². The molecule has 1 aliphatic heterocycles. The number of sulfonamides is 1. The quantitative estimate of drug-likeness (QED) is 0.763. The number of ether oxygens (including phenoxy) is 1. The van der Waals surface area contributed by atoms with E-state index in [1.54, 1.807) is 0 Å². The highest BCUT2D eigenvalue weighted by Crippen LogP contribution is 2.06. The average molecular weight is 316 g/mol. The largest absolute Gasteiger partial charge is 0.477 e. The van der Waals surface area contributed by atoms with Crippen molar-refractivity contribution in [3.8, 4) is 0 Å². The van der Waals surface area contributed by atoms with Crippen LogP contribution in [0.25, 0.3) is 0 Å². The van der Waals surface area contributed by atoms with Gasteiger partial charge in [-0.3, -0.25) is 4.79 Å². The first kappa shape index (κ1) is 15.7. The van der Waals surface area contributed by atoms with Gasteiger partial charge in [-0.25, -0.2) is 13.2 Å². The summed E-state index contributed by atoms with van der Waals surface area (Å²) < 4.78 is 31.8. The van der Waals surface area contributed by atoms with Crippen molar-refractivity contribution in [2.24, 2.45) is 0 Å². The van der Waals surface area contributed by atoms with Gasteiger partial charge in [0.25, 0.3) is 5.56 Å². The fraction of sp³-hybridized carbons (Fsp3) is 0.500. The molecule has 8 nitrogen and oxygen atoms in total. The highest BCUT2D eigenvalue weighted by atomic mass is 32.2. The first-order chi connectivity index (χ1) is 9.92. The minimum Gasteiger partial charge on any atom is -0.477 e. The number of aryl methyl sites for hydroxylation is 1. The summed E-state index contributed by atoms with van der Waals surface area (Å²) in [6.07, 6.45) is 1.38. The Morgan fingerprint density at radius 2 is 2.00 bits per heavy atom. The van der Waals surface area contributed by atoms with E-state index >= 15 is 0 Å². The Kier molecular flexibility index (Phi) is 4.76. The van der Waals surface area contributed by atoms with Crippen LogP contribution < -0.4 is 5.56 Å². The third kappa shape index (κ3) is 3.69. The van der Waals surface area contributed by atoms with Crippen LogP contribution in [0, 0.1) is 0 Å². The lowest BCUT2D eigenvalue weighted by Gasteiger charge is -2.26. The smallest absolute Gasteiger partial charge is 0.341 e. The molecule has 1 fully saturated rings. The predicted molar refractivity (Wildman–Crippen MR) is 73.8 cm³/mol. The van der Waals surface area contributed by atoms with E-state index < -0.39 is 21.6 Å². The number of carboxylic acid groups (broad SMARTS) is 1. The molecule has 116 valence electrons. The number of hydrogen-bond donors (Lipinski definition) is 1. The van der Waals surface area contributed by atoms with Crippen molar-refractivity contribution in [1.82, 2.24) is 8.87 Å². The maximum atomic E-state index is 12.1. The van der Waals surface area contributed by atoms with Crippen molar-refractivity contribution in [1.29, 1.82) is 0 Å². The Balaban J connectivity index is 2.11. The number of carboxylic acids is 1. The first-order valence-electron chi connectivity index (χ1n) is 6.40. The van der Waals surface area contributed by atoms with E-state index in [0.29, 0.717) is 26.3 Å². The zero-order valence-corrected chi connectivity index (χ0v) is 12.1. The number of aromatic carboxylic acids is 1. The maximum Gasteiger partial charge on any atom is 0.341 e. The lowest BCUT2D eigenvalue weighted by atomic mass is 10.3. The molecule has 0 bridgehead atoms. The summed E-state index contributed by atoms with van der Waals surface area (Å²) in [5.74, 6) is -1.58. The van der Waals surface area contributed by atoms with Gasteiger partial charge in [-0.05, 0) is 12.1 Å². The van der Waals surface area contributed by atoms with E-state index in [2.05, 4.69) is 0 Å². The molecule has 1 aromatic heterocycles. The molecule has 2 heterocycles. The van der Waals surface area contributed by atoms with Crippen molar-refractivity contribution in [3.63, 3.8) is 0 Å². The van der Waals surface area contributed by atoms with Gasteiger partial charge < -0.3 is 14.4 Å². The minimum absolute atomic E-state index is 0.0837. The number of rotatable bonds is 5. The molecule has 0 radical (unpaired) electrons. The molecule has 1 saturated heterocycles. The first-order valence-corrected chi connectivity index (χ1v) is 8.01. The highest BCUT2D eigenvalue weighted by molar-refractivity contribution is 7.89. The van der Waals surface area contributed by atoms with Crippen LogP contribution in [0.4, 0.5) is 0 Å². The SMILES string of the molecule is O=C(O)c1cccn(CCS(=O)(=O)N2CCOCC2)c1=O. The molecule has 9 heteroatoms. The van der Waals surface area contributed by atoms with Crippen LogP contribution >= 0.6 is 0 Å². The van der Waals surface area contributed by atoms with Crippen LogP contribution in [-0.4, -0.2) is 60.4 Å². The molecule has 0 atom stereocenters. The van der Waals surface area contributed by atoms with Crippen LogP contribution in [0.2, 0.25) is 0 Å². The number of nitrogens with zero attached hydrogens (tertiary/aromatic N) is 2. The summed E-state index contributed by atoms with van der Waals surface area (Å²) in [6.45, 7) is 1.22. The Bertz CT molecular complexity index is 675. The summed E-state index contributed by atoms with van der Waals surface area (Å²) in [5, 5.41) is 8.87. The van der Waals surface area contributed by atoms with E-state index in [4.69, 9.17) is 9.84 Å². The Hall–Kier alpha value is -1.71. The van der Waals surface area contributed by atoms with Gasteiger partial charge in [-0.1, -0.05) is 0 Å². The average Bonchev–Trinajstić information content (AvgIpc) is 2.47. The highest BCUT2D eigenvalue weighted by Gasteiger charge is 2.24. The van der Waals surface area contributed by atoms with Crippen molar-refractivity contribution >= 4 is 16.0 Å². The molecule has 0 spiro atoms. The third-order valence-corrected chi connectivity index (χ3v) is 5.05. The molecule has 2 rings (SSSR count). The zero-order chi connectivity index (χ0) is 15.5. The minimum atomic E-state index is -3.49.